The highest BCUT2D eigenvalue weighted by Gasteiger charge is 2.13. The number of esters is 1. The average Bonchev–Trinajstić information content (AvgIpc) is 2.62. The highest BCUT2D eigenvalue weighted by atomic mass is 16.6. The lowest BCUT2D eigenvalue weighted by Crippen LogP contribution is -2.04. The zero-order valence-corrected chi connectivity index (χ0v) is 8.44. The molecule has 0 aliphatic rings. The van der Waals surface area contributed by atoms with E-state index in [1.54, 1.807) is 0 Å². The number of methoxy groups -OCH3 is 1. The standard InChI is InChI=1S/C9H13NO4/c1-6(2)5-13-8-4-7(14-10-8)9(11)12-3/h4,6H,5H2,1-3H3. The van der Waals surface area contributed by atoms with Crippen molar-refractivity contribution in [2.45, 2.75) is 13.8 Å². The molecule has 1 heterocycles. The Kier molecular flexibility index (Phi) is 3.50. The zero-order valence-electron chi connectivity index (χ0n) is 8.44. The van der Waals surface area contributed by atoms with E-state index < -0.39 is 5.97 Å². The topological polar surface area (TPSA) is 61.6 Å². The van der Waals surface area contributed by atoms with E-state index in [1.807, 2.05) is 13.8 Å². The van der Waals surface area contributed by atoms with Gasteiger partial charge in [0.15, 0.2) is 0 Å². The third kappa shape index (κ3) is 2.76. The van der Waals surface area contributed by atoms with Gasteiger partial charge in [-0.2, -0.15) is 0 Å². The van der Waals surface area contributed by atoms with Crippen molar-refractivity contribution in [3.8, 4) is 5.88 Å². The number of hydrogen-bond acceptors (Lipinski definition) is 5. The molecule has 0 aliphatic carbocycles. The summed E-state index contributed by atoms with van der Waals surface area (Å²) in [5, 5.41) is 3.56. The molecule has 0 unspecified atom stereocenters. The summed E-state index contributed by atoms with van der Waals surface area (Å²) in [5.41, 5.74) is 0. The van der Waals surface area contributed by atoms with E-state index in [0.29, 0.717) is 18.4 Å². The second-order valence-electron chi connectivity index (χ2n) is 3.23. The molecule has 0 saturated carbocycles. The van der Waals surface area contributed by atoms with Gasteiger partial charge in [-0.15, -0.1) is 0 Å². The quantitative estimate of drug-likeness (QED) is 0.687. The number of aromatic nitrogens is 1. The van der Waals surface area contributed by atoms with Crippen LogP contribution in [-0.2, 0) is 4.74 Å². The lowest BCUT2D eigenvalue weighted by atomic mass is 10.2. The summed E-state index contributed by atoms with van der Waals surface area (Å²) in [5.74, 6) is 0.190. The number of nitrogens with zero attached hydrogens (tertiary/aromatic N) is 1. The average molecular weight is 199 g/mol. The first kappa shape index (κ1) is 10.6. The molecule has 1 rings (SSSR count). The number of ether oxygens (including phenoxy) is 2. The van der Waals surface area contributed by atoms with E-state index in [4.69, 9.17) is 9.26 Å². The molecule has 0 amide bonds. The van der Waals surface area contributed by atoms with Gasteiger partial charge >= 0.3 is 5.97 Å². The summed E-state index contributed by atoms with van der Waals surface area (Å²) in [7, 11) is 1.28. The number of carbonyl (C=O) groups is 1. The molecule has 0 N–H and O–H groups in total. The molecule has 0 aromatic carbocycles. The van der Waals surface area contributed by atoms with Crippen LogP contribution < -0.4 is 4.74 Å². The van der Waals surface area contributed by atoms with Crippen LogP contribution >= 0.6 is 0 Å². The summed E-state index contributed by atoms with van der Waals surface area (Å²) >= 11 is 0. The summed E-state index contributed by atoms with van der Waals surface area (Å²) in [6, 6.07) is 1.41. The molecule has 0 fully saturated rings. The van der Waals surface area contributed by atoms with E-state index in [-0.39, 0.29) is 5.76 Å². The monoisotopic (exact) mass is 199 g/mol. The largest absolute Gasteiger partial charge is 0.475 e. The van der Waals surface area contributed by atoms with Crippen molar-refractivity contribution in [3.05, 3.63) is 11.8 Å². The van der Waals surface area contributed by atoms with Crippen LogP contribution in [-0.4, -0.2) is 24.8 Å². The lowest BCUT2D eigenvalue weighted by molar-refractivity contribution is 0.0554. The fraction of sp³-hybridized carbons (Fsp3) is 0.556. The van der Waals surface area contributed by atoms with Gasteiger partial charge in [-0.25, -0.2) is 4.79 Å². The molecule has 0 aliphatic heterocycles. The molecule has 0 spiro atoms. The van der Waals surface area contributed by atoms with Gasteiger partial charge in [0.05, 0.1) is 19.8 Å². The Morgan fingerprint density at radius 1 is 1.64 bits per heavy atom. The van der Waals surface area contributed by atoms with Crippen molar-refractivity contribution in [3.63, 3.8) is 0 Å². The van der Waals surface area contributed by atoms with E-state index in [2.05, 4.69) is 9.89 Å². The normalized spacial score (nSPS) is 10.3. The molecule has 14 heavy (non-hydrogen) atoms. The van der Waals surface area contributed by atoms with E-state index in [0.717, 1.165) is 0 Å². The van der Waals surface area contributed by atoms with Crippen LogP contribution in [0.1, 0.15) is 24.4 Å². The Morgan fingerprint density at radius 3 is 2.93 bits per heavy atom. The maximum absolute atomic E-state index is 11.0. The fourth-order valence-electron chi connectivity index (χ4n) is 0.776. The van der Waals surface area contributed by atoms with Crippen molar-refractivity contribution in [2.24, 2.45) is 5.92 Å². The second-order valence-corrected chi connectivity index (χ2v) is 3.23. The van der Waals surface area contributed by atoms with Gasteiger partial charge in [-0.3, -0.25) is 0 Å². The molecular formula is C9H13NO4. The van der Waals surface area contributed by atoms with E-state index >= 15 is 0 Å². The van der Waals surface area contributed by atoms with Crippen LogP contribution in [0.5, 0.6) is 5.88 Å². The maximum atomic E-state index is 11.0. The van der Waals surface area contributed by atoms with Crippen molar-refractivity contribution in [2.75, 3.05) is 13.7 Å². The van der Waals surface area contributed by atoms with Gasteiger partial charge in [0.1, 0.15) is 0 Å². The molecule has 0 saturated heterocycles. The van der Waals surface area contributed by atoms with Crippen LogP contribution in [0, 0.1) is 5.92 Å². The zero-order chi connectivity index (χ0) is 10.6. The molecule has 1 aromatic heterocycles. The van der Waals surface area contributed by atoms with Crippen LogP contribution in [0.3, 0.4) is 0 Å². The number of carbonyl (C=O) groups excluding carboxylic acids is 1. The molecule has 1 aromatic rings. The molecule has 78 valence electrons. The first-order chi connectivity index (χ1) is 6.63. The number of rotatable bonds is 4. The molecule has 0 bridgehead atoms. The summed E-state index contributed by atoms with van der Waals surface area (Å²) < 4.78 is 14.4. The van der Waals surface area contributed by atoms with Crippen molar-refractivity contribution in [1.82, 2.24) is 5.16 Å². The Morgan fingerprint density at radius 2 is 2.36 bits per heavy atom. The van der Waals surface area contributed by atoms with E-state index in [1.165, 1.54) is 13.2 Å². The Labute approximate surface area is 82.0 Å². The van der Waals surface area contributed by atoms with Gasteiger partial charge in [0.25, 0.3) is 5.88 Å². The second kappa shape index (κ2) is 4.64. The molecule has 0 atom stereocenters. The fourth-order valence-corrected chi connectivity index (χ4v) is 0.776. The van der Waals surface area contributed by atoms with Crippen molar-refractivity contribution in [1.29, 1.82) is 0 Å². The Bertz CT molecular complexity index is 306. The Balaban J connectivity index is 2.55. The van der Waals surface area contributed by atoms with Crippen LogP contribution in [0.2, 0.25) is 0 Å². The van der Waals surface area contributed by atoms with E-state index in [9.17, 15) is 4.79 Å². The highest BCUT2D eigenvalue weighted by Crippen LogP contribution is 2.12. The molecular weight excluding hydrogens is 186 g/mol. The van der Waals surface area contributed by atoms with Crippen LogP contribution in [0.25, 0.3) is 0 Å². The number of hydrogen-bond donors (Lipinski definition) is 0. The predicted molar refractivity (Wildman–Crippen MR) is 48.2 cm³/mol. The molecule has 5 nitrogen and oxygen atoms in total. The van der Waals surface area contributed by atoms with Crippen LogP contribution in [0.4, 0.5) is 0 Å². The van der Waals surface area contributed by atoms with Gasteiger partial charge in [0, 0.05) is 0 Å². The third-order valence-electron chi connectivity index (χ3n) is 1.44. The SMILES string of the molecule is COC(=O)c1cc(OCC(C)C)no1. The van der Waals surface area contributed by atoms with Crippen molar-refractivity contribution >= 4 is 5.97 Å². The third-order valence-corrected chi connectivity index (χ3v) is 1.44. The smallest absolute Gasteiger partial charge is 0.377 e. The van der Waals surface area contributed by atoms with Gasteiger partial charge in [-0.1, -0.05) is 13.8 Å². The van der Waals surface area contributed by atoms with Crippen LogP contribution in [0.15, 0.2) is 10.6 Å². The Hall–Kier alpha value is -1.52. The summed E-state index contributed by atoms with van der Waals surface area (Å²) in [6.45, 7) is 4.57. The lowest BCUT2D eigenvalue weighted by Gasteiger charge is -2.03. The maximum Gasteiger partial charge on any atom is 0.377 e. The first-order valence-electron chi connectivity index (χ1n) is 4.31. The van der Waals surface area contributed by atoms with Crippen molar-refractivity contribution < 1.29 is 18.8 Å². The first-order valence-corrected chi connectivity index (χ1v) is 4.31. The predicted octanol–water partition coefficient (Wildman–Crippen LogP) is 1.50. The van der Waals surface area contributed by atoms with Gasteiger partial charge in [-0.05, 0) is 11.1 Å². The van der Waals surface area contributed by atoms with Gasteiger partial charge in [0.2, 0.25) is 5.76 Å². The summed E-state index contributed by atoms with van der Waals surface area (Å²) in [4.78, 5) is 11.0. The minimum atomic E-state index is -0.558. The highest BCUT2D eigenvalue weighted by molar-refractivity contribution is 5.86. The summed E-state index contributed by atoms with van der Waals surface area (Å²) in [6.07, 6.45) is 0. The van der Waals surface area contributed by atoms with Gasteiger partial charge < -0.3 is 14.0 Å². The minimum Gasteiger partial charge on any atom is -0.475 e. The molecule has 5 heteroatoms. The molecule has 0 radical (unpaired) electrons. The minimum absolute atomic E-state index is 0.0475.